The van der Waals surface area contributed by atoms with Crippen LogP contribution in [0.4, 0.5) is 0 Å². The van der Waals surface area contributed by atoms with E-state index in [4.69, 9.17) is 4.99 Å². The van der Waals surface area contributed by atoms with Crippen LogP contribution in [0.25, 0.3) is 55.2 Å². The first-order chi connectivity index (χ1) is 20.4. The number of nitrogens with one attached hydrogen (secondary N) is 1. The first kappa shape index (κ1) is 25.8. The van der Waals surface area contributed by atoms with Gasteiger partial charge in [-0.2, -0.15) is 0 Å². The monoisotopic (exact) mass is 544 g/mol. The Morgan fingerprint density at radius 3 is 1.43 bits per heavy atom. The van der Waals surface area contributed by atoms with E-state index in [9.17, 15) is 0 Å². The maximum atomic E-state index is 4.74. The number of aliphatic imine (C=N–C) groups is 1. The maximum absolute atomic E-state index is 4.74. The number of aryl methyl sites for hydroxylation is 2. The van der Waals surface area contributed by atoms with Crippen molar-refractivity contribution < 1.29 is 0 Å². The van der Waals surface area contributed by atoms with Gasteiger partial charge in [-0.3, -0.25) is 0 Å². The van der Waals surface area contributed by atoms with Crippen molar-refractivity contribution in [3.8, 4) is 33.6 Å². The molecule has 5 aromatic carbocycles. The molecule has 0 saturated carbocycles. The van der Waals surface area contributed by atoms with Crippen LogP contribution in [0.15, 0.2) is 120 Å². The summed E-state index contributed by atoms with van der Waals surface area (Å²) in [6.07, 6.45) is 2.14. The van der Waals surface area contributed by atoms with Crippen molar-refractivity contribution in [3.05, 3.63) is 132 Å². The van der Waals surface area contributed by atoms with Gasteiger partial charge in [0.15, 0.2) is 5.82 Å². The number of fused-ring (bicyclic) bond motifs is 2. The van der Waals surface area contributed by atoms with E-state index in [2.05, 4.69) is 132 Å². The molecule has 6 aromatic rings. The summed E-state index contributed by atoms with van der Waals surface area (Å²) in [4.78, 5) is 14.1. The summed E-state index contributed by atoms with van der Waals surface area (Å²) in [5, 5.41) is 8.44. The predicted octanol–water partition coefficient (Wildman–Crippen LogP) is 9.04. The number of amidine groups is 1. The van der Waals surface area contributed by atoms with Crippen LogP contribution in [-0.2, 0) is 0 Å². The maximum Gasteiger partial charge on any atom is 0.159 e. The Morgan fingerprint density at radius 1 is 0.548 bits per heavy atom. The molecule has 4 heteroatoms. The average molecular weight is 545 g/mol. The van der Waals surface area contributed by atoms with Gasteiger partial charge in [0.25, 0.3) is 0 Å². The lowest BCUT2D eigenvalue weighted by molar-refractivity contribution is 0.778. The minimum atomic E-state index is 0.264. The third-order valence-corrected chi connectivity index (χ3v) is 7.94. The fourth-order valence-corrected chi connectivity index (χ4v) is 6.20. The third kappa shape index (κ3) is 4.65. The first-order valence-electron chi connectivity index (χ1n) is 14.5. The second-order valence-electron chi connectivity index (χ2n) is 11.2. The zero-order chi connectivity index (χ0) is 28.8. The van der Waals surface area contributed by atoms with E-state index in [0.717, 1.165) is 39.9 Å². The van der Waals surface area contributed by atoms with E-state index in [0.29, 0.717) is 0 Å². The molecular weight excluding hydrogens is 512 g/mol. The minimum absolute atomic E-state index is 0.264. The lowest BCUT2D eigenvalue weighted by Crippen LogP contribution is -2.34. The molecule has 0 amide bonds. The van der Waals surface area contributed by atoms with Crippen molar-refractivity contribution in [1.82, 2.24) is 15.3 Å². The highest BCUT2D eigenvalue weighted by atomic mass is 15.0. The normalized spacial score (nSPS) is 14.9. The molecule has 1 N–H and O–H groups in total. The smallest absolute Gasteiger partial charge is 0.159 e. The Kier molecular flexibility index (Phi) is 6.39. The van der Waals surface area contributed by atoms with Crippen molar-refractivity contribution in [3.63, 3.8) is 0 Å². The van der Waals surface area contributed by atoms with E-state index in [1.54, 1.807) is 0 Å². The van der Waals surface area contributed by atoms with Gasteiger partial charge >= 0.3 is 0 Å². The van der Waals surface area contributed by atoms with Crippen molar-refractivity contribution in [1.29, 1.82) is 0 Å². The number of hydrogen-bond acceptors (Lipinski definition) is 4. The number of hydrogen-bond donors (Lipinski definition) is 1. The van der Waals surface area contributed by atoms with Gasteiger partial charge in [0.1, 0.15) is 5.84 Å². The van der Waals surface area contributed by atoms with Gasteiger partial charge in [0.2, 0.25) is 0 Å². The van der Waals surface area contributed by atoms with Crippen LogP contribution in [0.2, 0.25) is 0 Å². The van der Waals surface area contributed by atoms with Gasteiger partial charge in [-0.25, -0.2) is 15.0 Å². The van der Waals surface area contributed by atoms with Crippen LogP contribution in [0.3, 0.4) is 0 Å². The van der Waals surface area contributed by atoms with Gasteiger partial charge in [0.05, 0.1) is 0 Å². The Morgan fingerprint density at radius 2 is 0.976 bits per heavy atom. The summed E-state index contributed by atoms with van der Waals surface area (Å²) in [6.45, 7) is 8.23. The van der Waals surface area contributed by atoms with Crippen molar-refractivity contribution in [2.24, 2.45) is 4.99 Å². The average Bonchev–Trinajstić information content (AvgIpc) is 2.99. The Hall–Kier alpha value is -5.09. The number of allylic oxidation sites excluding steroid dienone is 1. The highest BCUT2D eigenvalue weighted by Gasteiger charge is 2.18. The molecule has 0 spiro atoms. The molecule has 0 bridgehead atoms. The minimum Gasteiger partial charge on any atom is -0.364 e. The summed E-state index contributed by atoms with van der Waals surface area (Å²) in [5.41, 5.74) is 9.98. The summed E-state index contributed by atoms with van der Waals surface area (Å²) in [5.74, 6) is 1.69. The van der Waals surface area contributed by atoms with Crippen LogP contribution in [0, 0.1) is 13.8 Å². The van der Waals surface area contributed by atoms with Crippen LogP contribution >= 0.6 is 0 Å². The summed E-state index contributed by atoms with van der Waals surface area (Å²) in [6, 6.07) is 37.3. The zero-order valence-electron chi connectivity index (χ0n) is 24.3. The number of rotatable bonds is 4. The fraction of sp³-hybridized carbons (Fsp3) is 0.132. The van der Waals surface area contributed by atoms with E-state index < -0.39 is 0 Å². The number of benzene rings is 5. The van der Waals surface area contributed by atoms with Crippen LogP contribution in [0.1, 0.15) is 30.8 Å². The molecule has 0 radical (unpaired) electrons. The highest BCUT2D eigenvalue weighted by Crippen LogP contribution is 2.43. The topological polar surface area (TPSA) is 50.2 Å². The second kappa shape index (κ2) is 10.4. The Balaban J connectivity index is 1.37. The van der Waals surface area contributed by atoms with E-state index in [1.165, 1.54) is 43.8 Å². The molecule has 42 heavy (non-hydrogen) atoms. The highest BCUT2D eigenvalue weighted by molar-refractivity contribution is 6.21. The van der Waals surface area contributed by atoms with Crippen molar-refractivity contribution in [2.75, 3.05) is 0 Å². The molecule has 0 aliphatic carbocycles. The third-order valence-electron chi connectivity index (χ3n) is 7.94. The van der Waals surface area contributed by atoms with Crippen LogP contribution in [-0.4, -0.2) is 21.8 Å². The zero-order valence-corrected chi connectivity index (χ0v) is 24.3. The standard InChI is InChI=1S/C38H32N4/c1-23-21-24(2)40-37(39-23)29-17-13-27(14-18-29)35-31-9-5-7-11-33(31)36(34-12-8-6-10-32(34)35)28-15-19-30(20-16-28)38-41-25(3)22-26(4)42-38/h5-23H,1-4H3,(H,39,40). The van der Waals surface area contributed by atoms with Crippen molar-refractivity contribution in [2.45, 2.75) is 33.7 Å². The number of aromatic nitrogens is 2. The molecular formula is C38H32N4. The molecule has 7 rings (SSSR count). The van der Waals surface area contributed by atoms with Gasteiger partial charge in [-0.1, -0.05) is 97.1 Å². The lowest BCUT2D eigenvalue weighted by Gasteiger charge is -2.20. The molecule has 4 nitrogen and oxygen atoms in total. The number of nitrogens with zero attached hydrogens (tertiary/aromatic N) is 3. The van der Waals surface area contributed by atoms with Crippen LogP contribution < -0.4 is 5.32 Å². The van der Waals surface area contributed by atoms with Gasteiger partial charge < -0.3 is 5.32 Å². The molecule has 0 fully saturated rings. The fourth-order valence-electron chi connectivity index (χ4n) is 6.20. The molecule has 2 heterocycles. The van der Waals surface area contributed by atoms with E-state index >= 15 is 0 Å². The summed E-state index contributed by atoms with van der Waals surface area (Å²) in [7, 11) is 0. The van der Waals surface area contributed by atoms with Gasteiger partial charge in [-0.15, -0.1) is 0 Å². The largest absolute Gasteiger partial charge is 0.364 e. The molecule has 204 valence electrons. The first-order valence-corrected chi connectivity index (χ1v) is 14.5. The van der Waals surface area contributed by atoms with Crippen molar-refractivity contribution >= 4 is 27.4 Å². The molecule has 1 aromatic heterocycles. The summed E-state index contributed by atoms with van der Waals surface area (Å²) >= 11 is 0. The molecule has 1 aliphatic heterocycles. The molecule has 1 unspecified atom stereocenters. The second-order valence-corrected chi connectivity index (χ2v) is 11.2. The molecule has 0 saturated heterocycles. The Labute approximate surface area is 246 Å². The van der Waals surface area contributed by atoms with E-state index in [1.807, 2.05) is 19.9 Å². The van der Waals surface area contributed by atoms with Gasteiger partial charge in [0, 0.05) is 34.3 Å². The molecule has 1 aliphatic rings. The summed E-state index contributed by atoms with van der Waals surface area (Å²) < 4.78 is 0. The SMILES string of the molecule is CC1=CC(C)NC(c2ccc(-c3c4ccccc4c(-c4ccc(-c5nc(C)cc(C)n5)cc4)c4ccccc34)cc2)=N1. The van der Waals surface area contributed by atoms with Gasteiger partial charge in [-0.05, 0) is 83.6 Å². The van der Waals surface area contributed by atoms with E-state index in [-0.39, 0.29) is 6.04 Å². The Bertz CT molecular complexity index is 1960. The van der Waals surface area contributed by atoms with Crippen LogP contribution in [0.5, 0.6) is 0 Å². The predicted molar refractivity (Wildman–Crippen MR) is 176 cm³/mol. The quantitative estimate of drug-likeness (QED) is 0.225. The lowest BCUT2D eigenvalue weighted by atomic mass is 9.85. The molecule has 1 atom stereocenters.